The molecule has 0 radical (unpaired) electrons. The molecule has 4 N–H and O–H groups in total. The Bertz CT molecular complexity index is 1780. The Balaban J connectivity index is 1.47. The first-order chi connectivity index (χ1) is 20.8. The average molecular weight is 603 g/mol. The number of benzene rings is 4. The van der Waals surface area contributed by atoms with Gasteiger partial charge in [0.1, 0.15) is 17.3 Å². The summed E-state index contributed by atoms with van der Waals surface area (Å²) in [6, 6.07) is 24.4. The van der Waals surface area contributed by atoms with E-state index in [9.17, 15) is 17.9 Å². The van der Waals surface area contributed by atoms with Crippen LogP contribution in [0.3, 0.4) is 0 Å². The molecule has 0 fully saturated rings. The molecular weight excluding hydrogens is 575 g/mol. The smallest absolute Gasteiger partial charge is 0.268 e. The standard InChI is InChI=1S/C30H27FN6O5S/c1-41-24-15-22(16-25(17-24)42-2)34-29-30(36-27-12-4-3-11-26(27)35-29)37(43(39)40)23-10-6-9-21(14-23)33-28(38)18-32-20-8-5-7-19(31)13-20/h3-17,32H,18H2,1-2H3,(H,33,38)(H,34,35)(H,39,40). The average Bonchev–Trinajstić information content (AvgIpc) is 3.00. The summed E-state index contributed by atoms with van der Waals surface area (Å²) in [7, 11) is 3.06. The van der Waals surface area contributed by atoms with Gasteiger partial charge in [-0.05, 0) is 48.5 Å². The lowest BCUT2D eigenvalue weighted by Crippen LogP contribution is -2.23. The van der Waals surface area contributed by atoms with E-state index in [0.717, 1.165) is 4.31 Å². The van der Waals surface area contributed by atoms with Crippen LogP contribution in [0.15, 0.2) is 91.0 Å². The Kier molecular flexibility index (Phi) is 8.93. The van der Waals surface area contributed by atoms with Crippen molar-refractivity contribution < 1.29 is 27.4 Å². The summed E-state index contributed by atoms with van der Waals surface area (Å²) in [5, 5.41) is 8.77. The molecule has 0 saturated heterocycles. The molecule has 220 valence electrons. The molecule has 1 aromatic heterocycles. The molecule has 5 rings (SSSR count). The minimum atomic E-state index is -2.60. The number of fused-ring (bicyclic) bond motifs is 1. The van der Waals surface area contributed by atoms with Crippen molar-refractivity contribution in [3.8, 4) is 11.5 Å². The maximum atomic E-state index is 13.5. The van der Waals surface area contributed by atoms with Crippen molar-refractivity contribution in [2.24, 2.45) is 0 Å². The zero-order valence-corrected chi connectivity index (χ0v) is 23.9. The number of para-hydroxylation sites is 2. The lowest BCUT2D eigenvalue weighted by Gasteiger charge is -2.23. The van der Waals surface area contributed by atoms with Gasteiger partial charge in [0.2, 0.25) is 5.91 Å². The number of methoxy groups -OCH3 is 2. The number of aromatic nitrogens is 2. The fraction of sp³-hybridized carbons (Fsp3) is 0.100. The van der Waals surface area contributed by atoms with Crippen molar-refractivity contribution in [3.63, 3.8) is 0 Å². The lowest BCUT2D eigenvalue weighted by atomic mass is 10.2. The van der Waals surface area contributed by atoms with Gasteiger partial charge in [-0.25, -0.2) is 22.9 Å². The zero-order valence-electron chi connectivity index (χ0n) is 23.1. The first kappa shape index (κ1) is 29.2. The molecule has 1 unspecified atom stereocenters. The minimum Gasteiger partial charge on any atom is -0.497 e. The van der Waals surface area contributed by atoms with Crippen LogP contribution in [0.25, 0.3) is 11.0 Å². The van der Waals surface area contributed by atoms with Crippen LogP contribution < -0.4 is 29.7 Å². The predicted octanol–water partition coefficient (Wildman–Crippen LogP) is 5.86. The van der Waals surface area contributed by atoms with Crippen LogP contribution in [0.1, 0.15) is 0 Å². The number of carbonyl (C=O) groups is 1. The van der Waals surface area contributed by atoms with E-state index < -0.39 is 23.0 Å². The molecule has 1 heterocycles. The van der Waals surface area contributed by atoms with Gasteiger partial charge < -0.3 is 25.4 Å². The third kappa shape index (κ3) is 7.15. The molecule has 5 aromatic rings. The lowest BCUT2D eigenvalue weighted by molar-refractivity contribution is -0.114. The van der Waals surface area contributed by atoms with E-state index in [0.29, 0.717) is 39.6 Å². The van der Waals surface area contributed by atoms with E-state index in [2.05, 4.69) is 20.9 Å². The molecule has 0 spiro atoms. The fourth-order valence-corrected chi connectivity index (χ4v) is 4.78. The van der Waals surface area contributed by atoms with Crippen LogP contribution in [-0.2, 0) is 16.1 Å². The summed E-state index contributed by atoms with van der Waals surface area (Å²) in [6.45, 7) is -0.127. The molecule has 1 atom stereocenters. The predicted molar refractivity (Wildman–Crippen MR) is 165 cm³/mol. The van der Waals surface area contributed by atoms with Crippen molar-refractivity contribution in [2.45, 2.75) is 0 Å². The van der Waals surface area contributed by atoms with Gasteiger partial charge in [0.25, 0.3) is 11.3 Å². The second-order valence-electron chi connectivity index (χ2n) is 9.10. The van der Waals surface area contributed by atoms with E-state index in [1.165, 1.54) is 38.5 Å². The topological polar surface area (TPSA) is 138 Å². The molecule has 11 nitrogen and oxygen atoms in total. The van der Waals surface area contributed by atoms with Crippen LogP contribution in [-0.4, -0.2) is 45.4 Å². The van der Waals surface area contributed by atoms with Crippen molar-refractivity contribution in [1.82, 2.24) is 9.97 Å². The Hall–Kier alpha value is -5.27. The monoisotopic (exact) mass is 602 g/mol. The van der Waals surface area contributed by atoms with E-state index in [1.54, 1.807) is 60.7 Å². The van der Waals surface area contributed by atoms with Gasteiger partial charge in [-0.1, -0.05) is 24.3 Å². The van der Waals surface area contributed by atoms with Crippen LogP contribution in [0.4, 0.5) is 38.8 Å². The SMILES string of the molecule is COc1cc(Nc2nc3ccccc3nc2N(c2cccc(NC(=O)CNc3cccc(F)c3)c2)S(=O)O)cc(OC)c1. The van der Waals surface area contributed by atoms with Crippen LogP contribution in [0, 0.1) is 5.82 Å². The number of amides is 1. The molecule has 0 bridgehead atoms. The minimum absolute atomic E-state index is 0.0533. The van der Waals surface area contributed by atoms with E-state index in [-0.39, 0.29) is 23.9 Å². The summed E-state index contributed by atoms with van der Waals surface area (Å²) in [5.41, 5.74) is 2.66. The molecule has 4 aromatic carbocycles. The fourth-order valence-electron chi connectivity index (χ4n) is 4.21. The first-order valence-corrected chi connectivity index (χ1v) is 14.0. The van der Waals surface area contributed by atoms with E-state index in [1.807, 2.05) is 6.07 Å². The molecule has 0 aliphatic carbocycles. The van der Waals surface area contributed by atoms with Gasteiger partial charge in [-0.2, -0.15) is 0 Å². The van der Waals surface area contributed by atoms with Gasteiger partial charge in [-0.3, -0.25) is 9.35 Å². The van der Waals surface area contributed by atoms with Gasteiger partial charge in [-0.15, -0.1) is 0 Å². The Morgan fingerprint density at radius 1 is 0.860 bits per heavy atom. The van der Waals surface area contributed by atoms with Crippen molar-refractivity contribution in [1.29, 1.82) is 0 Å². The number of ether oxygens (including phenoxy) is 2. The Labute approximate surface area is 249 Å². The summed E-state index contributed by atoms with van der Waals surface area (Å²) in [5.74, 6) is 0.456. The van der Waals surface area contributed by atoms with Crippen molar-refractivity contribution in [2.75, 3.05) is 41.0 Å². The zero-order chi connectivity index (χ0) is 30.3. The summed E-state index contributed by atoms with van der Waals surface area (Å²) < 4.78 is 48.6. The van der Waals surface area contributed by atoms with Gasteiger partial charge in [0.15, 0.2) is 11.6 Å². The Morgan fingerprint density at radius 3 is 2.21 bits per heavy atom. The summed E-state index contributed by atoms with van der Waals surface area (Å²) in [4.78, 5) is 22.0. The van der Waals surface area contributed by atoms with Gasteiger partial charge in [0, 0.05) is 35.3 Å². The van der Waals surface area contributed by atoms with Crippen molar-refractivity contribution in [3.05, 3.63) is 96.8 Å². The molecule has 0 aliphatic heterocycles. The summed E-state index contributed by atoms with van der Waals surface area (Å²) in [6.07, 6.45) is 0. The first-order valence-electron chi connectivity index (χ1n) is 12.9. The number of hydrogen-bond acceptors (Lipinski definition) is 8. The normalized spacial score (nSPS) is 11.4. The molecule has 1 amide bonds. The highest BCUT2D eigenvalue weighted by Gasteiger charge is 2.23. The third-order valence-electron chi connectivity index (χ3n) is 6.16. The highest BCUT2D eigenvalue weighted by atomic mass is 32.2. The molecule has 0 aliphatic rings. The quantitative estimate of drug-likeness (QED) is 0.137. The maximum absolute atomic E-state index is 13.5. The number of anilines is 6. The molecule has 13 heteroatoms. The Morgan fingerprint density at radius 2 is 1.53 bits per heavy atom. The van der Waals surface area contributed by atoms with Gasteiger partial charge >= 0.3 is 0 Å². The van der Waals surface area contributed by atoms with Gasteiger partial charge in [0.05, 0.1) is 37.5 Å². The maximum Gasteiger partial charge on any atom is 0.268 e. The second kappa shape index (κ2) is 13.1. The second-order valence-corrected chi connectivity index (χ2v) is 9.92. The largest absolute Gasteiger partial charge is 0.497 e. The molecule has 0 saturated carbocycles. The molecule has 43 heavy (non-hydrogen) atoms. The van der Waals surface area contributed by atoms with Crippen LogP contribution in [0.5, 0.6) is 11.5 Å². The van der Waals surface area contributed by atoms with E-state index >= 15 is 0 Å². The summed E-state index contributed by atoms with van der Waals surface area (Å²) >= 11 is -2.60. The highest BCUT2D eigenvalue weighted by Crippen LogP contribution is 2.36. The number of carbonyl (C=O) groups excluding carboxylic acids is 1. The third-order valence-corrected chi connectivity index (χ3v) is 6.85. The number of halogens is 1. The van der Waals surface area contributed by atoms with E-state index in [4.69, 9.17) is 14.5 Å². The number of nitrogens with zero attached hydrogens (tertiary/aromatic N) is 3. The number of nitrogens with one attached hydrogen (secondary N) is 3. The highest BCUT2D eigenvalue weighted by molar-refractivity contribution is 7.81. The van der Waals surface area contributed by atoms with Crippen molar-refractivity contribution >= 4 is 62.6 Å². The molecular formula is C30H27FN6O5S. The van der Waals surface area contributed by atoms with Crippen LogP contribution >= 0.6 is 0 Å². The number of hydrogen-bond donors (Lipinski definition) is 4. The number of rotatable bonds is 11. The van der Waals surface area contributed by atoms with Crippen LogP contribution in [0.2, 0.25) is 0 Å².